The van der Waals surface area contributed by atoms with Gasteiger partial charge in [0.25, 0.3) is 0 Å². The summed E-state index contributed by atoms with van der Waals surface area (Å²) in [6, 6.07) is 1.41. The van der Waals surface area contributed by atoms with Crippen LogP contribution in [0.25, 0.3) is 0 Å². The molecule has 0 atom stereocenters. The number of nitrogens with two attached hydrogens (primary N) is 1. The Kier molecular flexibility index (Phi) is 2.19. The van der Waals surface area contributed by atoms with Crippen molar-refractivity contribution < 1.29 is 4.39 Å². The number of amidine groups is 1. The number of pyridine rings is 1. The van der Waals surface area contributed by atoms with E-state index in [4.69, 9.17) is 11.1 Å². The molecule has 5 heteroatoms. The van der Waals surface area contributed by atoms with E-state index in [0.29, 0.717) is 4.47 Å². The first-order chi connectivity index (χ1) is 5.11. The number of aromatic nitrogens is 1. The molecule has 0 spiro atoms. The molecule has 3 nitrogen and oxygen atoms in total. The molecule has 0 aliphatic rings. The fraction of sp³-hybridized carbons (Fsp3) is 0. The first-order valence-electron chi connectivity index (χ1n) is 2.76. The number of halogens is 2. The van der Waals surface area contributed by atoms with Crippen LogP contribution in [0.1, 0.15) is 5.56 Å². The quantitative estimate of drug-likeness (QED) is 0.423. The van der Waals surface area contributed by atoms with Crippen LogP contribution in [0.15, 0.2) is 16.7 Å². The summed E-state index contributed by atoms with van der Waals surface area (Å²) < 4.78 is 13.3. The predicted molar refractivity (Wildman–Crippen MR) is 42.9 cm³/mol. The van der Waals surface area contributed by atoms with Gasteiger partial charge in [0.2, 0.25) is 5.95 Å². The smallest absolute Gasteiger partial charge is 0.223 e. The molecule has 0 unspecified atom stereocenters. The summed E-state index contributed by atoms with van der Waals surface area (Å²) in [6.45, 7) is 0. The third-order valence-corrected chi connectivity index (χ3v) is 1.53. The normalized spacial score (nSPS) is 9.64. The van der Waals surface area contributed by atoms with Crippen molar-refractivity contribution in [2.45, 2.75) is 0 Å². The molecule has 0 saturated carbocycles. The van der Waals surface area contributed by atoms with Crippen molar-refractivity contribution >= 4 is 21.8 Å². The fourth-order valence-electron chi connectivity index (χ4n) is 0.611. The molecule has 58 valence electrons. The zero-order valence-electron chi connectivity index (χ0n) is 5.44. The molecular weight excluding hydrogens is 213 g/mol. The zero-order chi connectivity index (χ0) is 8.43. The Morgan fingerprint density at radius 3 is 2.82 bits per heavy atom. The van der Waals surface area contributed by atoms with Gasteiger partial charge in [0.1, 0.15) is 5.84 Å². The zero-order valence-corrected chi connectivity index (χ0v) is 7.02. The molecule has 1 aromatic heterocycles. The molecule has 1 aromatic rings. The van der Waals surface area contributed by atoms with E-state index in [1.807, 2.05) is 0 Å². The molecule has 0 saturated heterocycles. The third-order valence-electron chi connectivity index (χ3n) is 1.10. The molecule has 3 N–H and O–H groups in total. The highest BCUT2D eigenvalue weighted by Gasteiger charge is 2.05. The van der Waals surface area contributed by atoms with E-state index in [1.54, 1.807) is 0 Å². The summed E-state index contributed by atoms with van der Waals surface area (Å²) in [5.41, 5.74) is 5.08. The van der Waals surface area contributed by atoms with Crippen molar-refractivity contribution in [2.75, 3.05) is 0 Å². The molecule has 1 rings (SSSR count). The maximum Gasteiger partial charge on any atom is 0.223 e. The van der Waals surface area contributed by atoms with Gasteiger partial charge in [-0.05, 0) is 22.0 Å². The van der Waals surface area contributed by atoms with E-state index in [2.05, 4.69) is 20.9 Å². The first-order valence-corrected chi connectivity index (χ1v) is 3.56. The van der Waals surface area contributed by atoms with E-state index >= 15 is 0 Å². The van der Waals surface area contributed by atoms with E-state index in [0.717, 1.165) is 0 Å². The van der Waals surface area contributed by atoms with Crippen LogP contribution in [-0.2, 0) is 0 Å². The Morgan fingerprint density at radius 2 is 2.36 bits per heavy atom. The lowest BCUT2D eigenvalue weighted by molar-refractivity contribution is 0.580. The van der Waals surface area contributed by atoms with Gasteiger partial charge in [0, 0.05) is 10.7 Å². The third kappa shape index (κ3) is 1.74. The molecule has 0 bridgehead atoms. The van der Waals surface area contributed by atoms with Gasteiger partial charge in [-0.2, -0.15) is 4.39 Å². The largest absolute Gasteiger partial charge is 0.384 e. The molecule has 0 aliphatic carbocycles. The van der Waals surface area contributed by atoms with Crippen LogP contribution in [0.5, 0.6) is 0 Å². The monoisotopic (exact) mass is 217 g/mol. The standard InChI is InChI=1S/C6H5BrFN3/c7-3-1-4(6(9)10)5(8)11-2-3/h1-2H,(H3,9,10). The van der Waals surface area contributed by atoms with Crippen LogP contribution in [0.2, 0.25) is 0 Å². The summed E-state index contributed by atoms with van der Waals surface area (Å²) >= 11 is 3.08. The minimum absolute atomic E-state index is 0.0133. The second kappa shape index (κ2) is 2.96. The van der Waals surface area contributed by atoms with Crippen LogP contribution in [0.4, 0.5) is 4.39 Å². The van der Waals surface area contributed by atoms with Crippen molar-refractivity contribution in [3.63, 3.8) is 0 Å². The Bertz CT molecular complexity index is 300. The Labute approximate surface area is 71.1 Å². The lowest BCUT2D eigenvalue weighted by Gasteiger charge is -1.98. The van der Waals surface area contributed by atoms with Crippen LogP contribution < -0.4 is 5.73 Å². The average molecular weight is 218 g/mol. The van der Waals surface area contributed by atoms with Gasteiger partial charge < -0.3 is 5.73 Å². The highest BCUT2D eigenvalue weighted by atomic mass is 79.9. The van der Waals surface area contributed by atoms with Gasteiger partial charge >= 0.3 is 0 Å². The molecule has 0 fully saturated rings. The van der Waals surface area contributed by atoms with Crippen molar-refractivity contribution in [1.29, 1.82) is 5.41 Å². The number of nitrogen functional groups attached to an aromatic ring is 1. The van der Waals surface area contributed by atoms with Crippen molar-refractivity contribution in [3.8, 4) is 0 Å². The van der Waals surface area contributed by atoms with E-state index in [1.165, 1.54) is 12.3 Å². The maximum absolute atomic E-state index is 12.7. The van der Waals surface area contributed by atoms with Gasteiger partial charge in [-0.3, -0.25) is 5.41 Å². The SMILES string of the molecule is N=C(N)c1cc(Br)cnc1F. The van der Waals surface area contributed by atoms with Crippen LogP contribution in [-0.4, -0.2) is 10.8 Å². The maximum atomic E-state index is 12.7. The first kappa shape index (κ1) is 8.13. The van der Waals surface area contributed by atoms with Gasteiger partial charge in [-0.25, -0.2) is 4.98 Å². The number of rotatable bonds is 1. The second-order valence-corrected chi connectivity index (χ2v) is 2.82. The minimum atomic E-state index is -0.722. The van der Waals surface area contributed by atoms with Gasteiger partial charge in [0.05, 0.1) is 5.56 Å². The molecule has 11 heavy (non-hydrogen) atoms. The lowest BCUT2D eigenvalue weighted by Crippen LogP contribution is -2.13. The van der Waals surface area contributed by atoms with Gasteiger partial charge in [-0.15, -0.1) is 0 Å². The summed E-state index contributed by atoms with van der Waals surface area (Å²) in [6.07, 6.45) is 1.31. The fourth-order valence-corrected chi connectivity index (χ4v) is 0.943. The summed E-state index contributed by atoms with van der Waals surface area (Å²) in [5, 5.41) is 6.95. The molecular formula is C6H5BrFN3. The highest BCUT2D eigenvalue weighted by molar-refractivity contribution is 9.10. The molecule has 1 heterocycles. The van der Waals surface area contributed by atoms with Crippen LogP contribution in [0.3, 0.4) is 0 Å². The number of hydrogen-bond donors (Lipinski definition) is 2. The predicted octanol–water partition coefficient (Wildman–Crippen LogP) is 1.27. The van der Waals surface area contributed by atoms with Crippen molar-refractivity contribution in [2.24, 2.45) is 5.73 Å². The molecule has 0 radical (unpaired) electrons. The topological polar surface area (TPSA) is 62.8 Å². The second-order valence-electron chi connectivity index (χ2n) is 1.91. The number of nitrogens with zero attached hydrogens (tertiary/aromatic N) is 1. The number of nitrogens with one attached hydrogen (secondary N) is 1. The van der Waals surface area contributed by atoms with Gasteiger partial charge in [-0.1, -0.05) is 0 Å². The van der Waals surface area contributed by atoms with E-state index < -0.39 is 5.95 Å². The molecule has 0 amide bonds. The minimum Gasteiger partial charge on any atom is -0.384 e. The Balaban J connectivity index is 3.23. The Hall–Kier alpha value is -0.970. The van der Waals surface area contributed by atoms with Gasteiger partial charge in [0.15, 0.2) is 0 Å². The van der Waals surface area contributed by atoms with Crippen LogP contribution >= 0.6 is 15.9 Å². The Morgan fingerprint density at radius 1 is 1.73 bits per heavy atom. The average Bonchev–Trinajstić information content (AvgIpc) is 1.94. The summed E-state index contributed by atoms with van der Waals surface area (Å²) in [7, 11) is 0. The van der Waals surface area contributed by atoms with Crippen molar-refractivity contribution in [3.05, 3.63) is 28.2 Å². The molecule has 0 aromatic carbocycles. The highest BCUT2D eigenvalue weighted by Crippen LogP contribution is 2.11. The van der Waals surface area contributed by atoms with E-state index in [9.17, 15) is 4.39 Å². The summed E-state index contributed by atoms with van der Waals surface area (Å²) in [4.78, 5) is 3.37. The van der Waals surface area contributed by atoms with Crippen molar-refractivity contribution in [1.82, 2.24) is 4.98 Å². The molecule has 0 aliphatic heterocycles. The summed E-state index contributed by atoms with van der Waals surface area (Å²) in [5.74, 6) is -1.04. The van der Waals surface area contributed by atoms with E-state index in [-0.39, 0.29) is 11.4 Å². The lowest BCUT2D eigenvalue weighted by atomic mass is 10.2. The number of hydrogen-bond acceptors (Lipinski definition) is 2. The van der Waals surface area contributed by atoms with Crippen LogP contribution in [0, 0.1) is 11.4 Å².